The molecule has 1 saturated heterocycles. The van der Waals surface area contributed by atoms with E-state index < -0.39 is 9.84 Å². The normalized spacial score (nSPS) is 27.1. The van der Waals surface area contributed by atoms with Crippen LogP contribution in [0.1, 0.15) is 32.1 Å². The van der Waals surface area contributed by atoms with Gasteiger partial charge < -0.3 is 10.2 Å². The van der Waals surface area contributed by atoms with Gasteiger partial charge in [0, 0.05) is 32.2 Å². The van der Waals surface area contributed by atoms with Gasteiger partial charge in [0.2, 0.25) is 0 Å². The van der Waals surface area contributed by atoms with E-state index in [1.54, 1.807) is 0 Å². The molecule has 1 heterocycles. The molecule has 17 heavy (non-hydrogen) atoms. The molecule has 1 saturated carbocycles. The van der Waals surface area contributed by atoms with Gasteiger partial charge in [0.1, 0.15) is 0 Å². The van der Waals surface area contributed by atoms with E-state index in [1.807, 2.05) is 0 Å². The fourth-order valence-corrected chi connectivity index (χ4v) is 3.98. The summed E-state index contributed by atoms with van der Waals surface area (Å²) >= 11 is 0. The molecule has 0 atom stereocenters. The number of nitrogens with one attached hydrogen (secondary N) is 1. The minimum absolute atomic E-state index is 0.344. The lowest BCUT2D eigenvalue weighted by Crippen LogP contribution is -2.44. The second-order valence-electron chi connectivity index (χ2n) is 5.28. The molecule has 0 aromatic carbocycles. The lowest BCUT2D eigenvalue weighted by atomic mass is 9.95. The van der Waals surface area contributed by atoms with Crippen LogP contribution in [0.15, 0.2) is 0 Å². The molecule has 0 aromatic rings. The van der Waals surface area contributed by atoms with Gasteiger partial charge in [0.05, 0.1) is 11.5 Å². The fourth-order valence-electron chi connectivity index (χ4n) is 2.71. The Morgan fingerprint density at radius 2 is 1.71 bits per heavy atom. The van der Waals surface area contributed by atoms with Gasteiger partial charge in [-0.2, -0.15) is 0 Å². The van der Waals surface area contributed by atoms with Crippen LogP contribution >= 0.6 is 0 Å². The van der Waals surface area contributed by atoms with Gasteiger partial charge in [-0.05, 0) is 12.8 Å². The molecule has 0 bridgehead atoms. The van der Waals surface area contributed by atoms with Crippen molar-refractivity contribution in [2.75, 3.05) is 37.7 Å². The summed E-state index contributed by atoms with van der Waals surface area (Å²) in [5.41, 5.74) is 0. The molecule has 0 radical (unpaired) electrons. The number of hydrogen-bond donors (Lipinski definition) is 1. The first-order chi connectivity index (χ1) is 8.16. The lowest BCUT2D eigenvalue weighted by Gasteiger charge is -2.28. The Hall–Kier alpha value is -0.130. The molecule has 100 valence electrons. The first-order valence-corrected chi connectivity index (χ1v) is 8.64. The van der Waals surface area contributed by atoms with Crippen molar-refractivity contribution in [3.63, 3.8) is 0 Å². The minimum Gasteiger partial charge on any atom is -0.313 e. The maximum atomic E-state index is 11.3. The summed E-state index contributed by atoms with van der Waals surface area (Å²) in [5.74, 6) is 0.687. The molecule has 1 aliphatic heterocycles. The molecule has 2 fully saturated rings. The average molecular weight is 260 g/mol. The highest BCUT2D eigenvalue weighted by Crippen LogP contribution is 2.17. The quantitative estimate of drug-likeness (QED) is 0.806. The van der Waals surface area contributed by atoms with Crippen LogP contribution in [0.2, 0.25) is 0 Å². The molecule has 1 aliphatic carbocycles. The summed E-state index contributed by atoms with van der Waals surface area (Å²) in [6.45, 7) is 3.43. The van der Waals surface area contributed by atoms with Crippen LogP contribution in [-0.4, -0.2) is 57.0 Å². The average Bonchev–Trinajstić information content (AvgIpc) is 2.33. The highest BCUT2D eigenvalue weighted by molar-refractivity contribution is 7.91. The molecule has 1 N–H and O–H groups in total. The van der Waals surface area contributed by atoms with E-state index in [4.69, 9.17) is 0 Å². The van der Waals surface area contributed by atoms with Crippen molar-refractivity contribution in [2.45, 2.75) is 38.1 Å². The molecule has 2 rings (SSSR count). The predicted molar refractivity (Wildman–Crippen MR) is 70.0 cm³/mol. The first kappa shape index (κ1) is 13.3. The van der Waals surface area contributed by atoms with Crippen molar-refractivity contribution in [3.05, 3.63) is 0 Å². The lowest BCUT2D eigenvalue weighted by molar-refractivity contribution is 0.279. The molecular formula is C12H24N2O2S. The van der Waals surface area contributed by atoms with Crippen LogP contribution in [0.3, 0.4) is 0 Å². The standard InChI is InChI=1S/C12H24N2O2S/c15-17(16)10-8-14(9-11-17)7-6-13-12-4-2-1-3-5-12/h12-13H,1-11H2. The summed E-state index contributed by atoms with van der Waals surface area (Å²) in [7, 11) is -2.72. The molecule has 5 heteroatoms. The van der Waals surface area contributed by atoms with Crippen molar-refractivity contribution >= 4 is 9.84 Å². The Morgan fingerprint density at radius 1 is 1.06 bits per heavy atom. The first-order valence-electron chi connectivity index (χ1n) is 6.82. The van der Waals surface area contributed by atoms with Crippen LogP contribution < -0.4 is 5.32 Å². The fraction of sp³-hybridized carbons (Fsp3) is 1.00. The molecule has 4 nitrogen and oxygen atoms in total. The molecule has 0 aromatic heterocycles. The Kier molecular flexibility index (Phi) is 4.82. The zero-order chi connectivity index (χ0) is 12.1. The number of nitrogens with zero attached hydrogens (tertiary/aromatic N) is 1. The van der Waals surface area contributed by atoms with E-state index in [1.165, 1.54) is 32.1 Å². The van der Waals surface area contributed by atoms with Gasteiger partial charge in [-0.25, -0.2) is 8.42 Å². The van der Waals surface area contributed by atoms with Gasteiger partial charge in [-0.15, -0.1) is 0 Å². The zero-order valence-electron chi connectivity index (χ0n) is 10.5. The van der Waals surface area contributed by atoms with E-state index in [-0.39, 0.29) is 0 Å². The van der Waals surface area contributed by atoms with E-state index in [0.717, 1.165) is 13.1 Å². The van der Waals surface area contributed by atoms with E-state index in [9.17, 15) is 8.42 Å². The number of sulfone groups is 1. The highest BCUT2D eigenvalue weighted by Gasteiger charge is 2.21. The van der Waals surface area contributed by atoms with Gasteiger partial charge in [-0.3, -0.25) is 0 Å². The Labute approximate surface area is 105 Å². The second kappa shape index (κ2) is 6.16. The molecule has 0 unspecified atom stereocenters. The largest absolute Gasteiger partial charge is 0.313 e. The zero-order valence-corrected chi connectivity index (χ0v) is 11.3. The third-order valence-corrected chi connectivity index (χ3v) is 5.51. The SMILES string of the molecule is O=S1(=O)CCN(CCNC2CCCCC2)CC1. The van der Waals surface area contributed by atoms with Crippen LogP contribution in [0.5, 0.6) is 0 Å². The third-order valence-electron chi connectivity index (χ3n) is 3.90. The Bertz CT molecular complexity index is 309. The van der Waals surface area contributed by atoms with Crippen LogP contribution in [0.25, 0.3) is 0 Å². The molecule has 2 aliphatic rings. The van der Waals surface area contributed by atoms with E-state index >= 15 is 0 Å². The third kappa shape index (κ3) is 4.56. The van der Waals surface area contributed by atoms with Gasteiger partial charge >= 0.3 is 0 Å². The Balaban J connectivity index is 1.59. The minimum atomic E-state index is -2.72. The maximum Gasteiger partial charge on any atom is 0.152 e. The molecule has 0 amide bonds. The monoisotopic (exact) mass is 260 g/mol. The van der Waals surface area contributed by atoms with Crippen molar-refractivity contribution in [2.24, 2.45) is 0 Å². The van der Waals surface area contributed by atoms with Gasteiger partial charge in [0.25, 0.3) is 0 Å². The Morgan fingerprint density at radius 3 is 2.35 bits per heavy atom. The van der Waals surface area contributed by atoms with Crippen LogP contribution in [-0.2, 0) is 9.84 Å². The summed E-state index contributed by atoms with van der Waals surface area (Å²) in [6, 6.07) is 0.706. The van der Waals surface area contributed by atoms with Gasteiger partial charge in [0.15, 0.2) is 9.84 Å². The van der Waals surface area contributed by atoms with Crippen LogP contribution in [0, 0.1) is 0 Å². The summed E-state index contributed by atoms with van der Waals surface area (Å²) < 4.78 is 22.5. The highest BCUT2D eigenvalue weighted by atomic mass is 32.2. The van der Waals surface area contributed by atoms with E-state index in [0.29, 0.717) is 30.6 Å². The second-order valence-corrected chi connectivity index (χ2v) is 7.59. The topological polar surface area (TPSA) is 49.4 Å². The van der Waals surface area contributed by atoms with Crippen molar-refractivity contribution in [1.29, 1.82) is 0 Å². The predicted octanol–water partition coefficient (Wildman–Crippen LogP) is 0.639. The number of hydrogen-bond acceptors (Lipinski definition) is 4. The van der Waals surface area contributed by atoms with Crippen molar-refractivity contribution < 1.29 is 8.42 Å². The number of rotatable bonds is 4. The smallest absolute Gasteiger partial charge is 0.152 e. The summed E-state index contributed by atoms with van der Waals surface area (Å²) in [4.78, 5) is 2.26. The van der Waals surface area contributed by atoms with Crippen LogP contribution in [0.4, 0.5) is 0 Å². The van der Waals surface area contributed by atoms with E-state index in [2.05, 4.69) is 10.2 Å². The van der Waals surface area contributed by atoms with Gasteiger partial charge in [-0.1, -0.05) is 19.3 Å². The van der Waals surface area contributed by atoms with Crippen molar-refractivity contribution in [1.82, 2.24) is 10.2 Å². The molecular weight excluding hydrogens is 236 g/mol. The molecule has 0 spiro atoms. The van der Waals surface area contributed by atoms with Crippen molar-refractivity contribution in [3.8, 4) is 0 Å². The maximum absolute atomic E-state index is 11.3. The summed E-state index contributed by atoms with van der Waals surface area (Å²) in [5, 5.41) is 3.60. The summed E-state index contributed by atoms with van der Waals surface area (Å²) in [6.07, 6.45) is 6.74.